The number of carbonyl (C=O) groups is 1. The number of nitrogens with one attached hydrogen (secondary N) is 3. The molecule has 0 aliphatic heterocycles. The van der Waals surface area contributed by atoms with E-state index in [4.69, 9.17) is 0 Å². The second-order valence-electron chi connectivity index (χ2n) is 4.32. The first-order valence-corrected chi connectivity index (χ1v) is 6.11. The Hall–Kier alpha value is -2.97. The Labute approximate surface area is 117 Å². The second kappa shape index (κ2) is 5.99. The molecule has 0 aliphatic rings. The third-order valence-corrected chi connectivity index (χ3v) is 2.72. The van der Waals surface area contributed by atoms with E-state index in [1.165, 1.54) is 17.8 Å². The molecular formula is C12H13N5O4. The molecule has 0 bridgehead atoms. The van der Waals surface area contributed by atoms with Crippen LogP contribution in [0, 0.1) is 0 Å². The molecule has 2 aromatic rings. The lowest BCUT2D eigenvalue weighted by molar-refractivity contribution is -0.116. The second-order valence-corrected chi connectivity index (χ2v) is 4.32. The number of rotatable bonds is 4. The molecule has 110 valence electrons. The Bertz CT molecular complexity index is 832. The molecule has 0 saturated carbocycles. The van der Waals surface area contributed by atoms with E-state index in [0.717, 1.165) is 6.20 Å². The summed E-state index contributed by atoms with van der Waals surface area (Å²) >= 11 is 0. The molecule has 2 aromatic heterocycles. The molecule has 2 rings (SSSR count). The first-order chi connectivity index (χ1) is 9.95. The number of hydrogen-bond donors (Lipinski definition) is 3. The summed E-state index contributed by atoms with van der Waals surface area (Å²) in [5.74, 6) is -0.400. The summed E-state index contributed by atoms with van der Waals surface area (Å²) in [6.07, 6.45) is 1.54. The summed E-state index contributed by atoms with van der Waals surface area (Å²) in [6.45, 7) is 0. The molecule has 0 atom stereocenters. The quantitative estimate of drug-likeness (QED) is 0.646. The summed E-state index contributed by atoms with van der Waals surface area (Å²) in [4.78, 5) is 49.4. The van der Waals surface area contributed by atoms with Crippen molar-refractivity contribution >= 4 is 11.6 Å². The monoisotopic (exact) mass is 291 g/mol. The van der Waals surface area contributed by atoms with Crippen LogP contribution in [0.4, 0.5) is 5.69 Å². The van der Waals surface area contributed by atoms with E-state index in [1.54, 1.807) is 6.07 Å². The van der Waals surface area contributed by atoms with Gasteiger partial charge in [-0.25, -0.2) is 9.48 Å². The van der Waals surface area contributed by atoms with Crippen LogP contribution in [0.2, 0.25) is 0 Å². The number of amides is 1. The van der Waals surface area contributed by atoms with Crippen LogP contribution in [0.25, 0.3) is 0 Å². The molecule has 3 N–H and O–H groups in total. The lowest BCUT2D eigenvalue weighted by Gasteiger charge is -2.04. The van der Waals surface area contributed by atoms with E-state index in [-0.39, 0.29) is 17.7 Å². The van der Waals surface area contributed by atoms with Crippen LogP contribution < -0.4 is 22.1 Å². The topological polar surface area (TPSA) is 130 Å². The van der Waals surface area contributed by atoms with Gasteiger partial charge < -0.3 is 10.3 Å². The van der Waals surface area contributed by atoms with Gasteiger partial charge in [0.2, 0.25) is 5.91 Å². The minimum Gasteiger partial charge on any atom is -0.320 e. The first kappa shape index (κ1) is 14.4. The number of aromatic amines is 2. The number of hydrogen-bond acceptors (Lipinski definition) is 5. The molecule has 0 aromatic carbocycles. The highest BCUT2D eigenvalue weighted by Crippen LogP contribution is 2.00. The minimum absolute atomic E-state index is 0.0342. The summed E-state index contributed by atoms with van der Waals surface area (Å²) in [7, 11) is 1.52. The van der Waals surface area contributed by atoms with Crippen LogP contribution in [0.15, 0.2) is 32.7 Å². The van der Waals surface area contributed by atoms with Gasteiger partial charge in [0, 0.05) is 32.2 Å². The maximum absolute atomic E-state index is 11.7. The van der Waals surface area contributed by atoms with E-state index < -0.39 is 17.2 Å². The van der Waals surface area contributed by atoms with Crippen LogP contribution in [0.3, 0.4) is 0 Å². The molecule has 0 unspecified atom stereocenters. The van der Waals surface area contributed by atoms with Gasteiger partial charge >= 0.3 is 5.69 Å². The van der Waals surface area contributed by atoms with Crippen molar-refractivity contribution in [1.82, 2.24) is 19.7 Å². The molecule has 9 heteroatoms. The molecule has 0 saturated heterocycles. The van der Waals surface area contributed by atoms with E-state index >= 15 is 0 Å². The fourth-order valence-electron chi connectivity index (χ4n) is 1.64. The Morgan fingerprint density at radius 2 is 2.10 bits per heavy atom. The van der Waals surface area contributed by atoms with Crippen LogP contribution in [-0.2, 0) is 18.3 Å². The first-order valence-electron chi connectivity index (χ1n) is 6.11. The number of aromatic nitrogens is 4. The van der Waals surface area contributed by atoms with Crippen molar-refractivity contribution in [2.75, 3.05) is 5.32 Å². The van der Waals surface area contributed by atoms with Crippen molar-refractivity contribution in [3.63, 3.8) is 0 Å². The lowest BCUT2D eigenvalue weighted by atomic mass is 10.2. The third-order valence-electron chi connectivity index (χ3n) is 2.72. The standard InChI is InChI=1S/C12H13N5O4/c1-17-10(19)5-3-7(16-17)2-4-9(18)14-8-6-13-12(21)15-11(8)20/h3,5-6H,2,4H2,1H3,(H,14,18)(H2,13,15,20,21). The lowest BCUT2D eigenvalue weighted by Crippen LogP contribution is -2.26. The summed E-state index contributed by atoms with van der Waals surface area (Å²) in [6, 6.07) is 2.91. The zero-order chi connectivity index (χ0) is 15.4. The SMILES string of the molecule is Cn1nc(CCC(=O)Nc2c[nH]c(=O)[nH]c2=O)ccc1=O. The van der Waals surface area contributed by atoms with E-state index in [0.29, 0.717) is 12.1 Å². The fourth-order valence-corrected chi connectivity index (χ4v) is 1.64. The predicted octanol–water partition coefficient (Wildman–Crippen LogP) is -1.27. The van der Waals surface area contributed by atoms with Gasteiger partial charge in [0.25, 0.3) is 11.1 Å². The Kier molecular flexibility index (Phi) is 4.12. The van der Waals surface area contributed by atoms with Crippen LogP contribution >= 0.6 is 0 Å². The molecule has 1 amide bonds. The minimum atomic E-state index is -0.674. The van der Waals surface area contributed by atoms with E-state index in [9.17, 15) is 19.2 Å². The number of carbonyl (C=O) groups excluding carboxylic acids is 1. The third kappa shape index (κ3) is 3.75. The van der Waals surface area contributed by atoms with E-state index in [2.05, 4.69) is 15.4 Å². The normalized spacial score (nSPS) is 10.3. The molecule has 0 aliphatic carbocycles. The zero-order valence-corrected chi connectivity index (χ0v) is 11.2. The number of anilines is 1. The smallest absolute Gasteiger partial charge is 0.320 e. The molecule has 0 radical (unpaired) electrons. The van der Waals surface area contributed by atoms with Gasteiger partial charge in [-0.2, -0.15) is 5.10 Å². The number of aryl methyl sites for hydroxylation is 2. The van der Waals surface area contributed by atoms with Gasteiger partial charge in [0.1, 0.15) is 5.69 Å². The van der Waals surface area contributed by atoms with Gasteiger partial charge in [-0.15, -0.1) is 0 Å². The van der Waals surface area contributed by atoms with Crippen LogP contribution in [-0.4, -0.2) is 25.7 Å². The highest BCUT2D eigenvalue weighted by molar-refractivity contribution is 5.90. The largest absolute Gasteiger partial charge is 0.325 e. The summed E-state index contributed by atoms with van der Waals surface area (Å²) in [5.41, 5.74) is -1.00. The van der Waals surface area contributed by atoms with Crippen molar-refractivity contribution in [2.24, 2.45) is 7.05 Å². The molecule has 0 fully saturated rings. The number of nitrogens with zero attached hydrogens (tertiary/aromatic N) is 2. The van der Waals surface area contributed by atoms with Gasteiger partial charge in [-0.3, -0.25) is 19.4 Å². The van der Waals surface area contributed by atoms with E-state index in [1.807, 2.05) is 4.98 Å². The molecule has 9 nitrogen and oxygen atoms in total. The van der Waals surface area contributed by atoms with Gasteiger partial charge in [0.15, 0.2) is 0 Å². The molecular weight excluding hydrogens is 278 g/mol. The van der Waals surface area contributed by atoms with Crippen molar-refractivity contribution in [2.45, 2.75) is 12.8 Å². The molecule has 0 spiro atoms. The summed E-state index contributed by atoms with van der Waals surface area (Å²) in [5, 5.41) is 6.37. The Morgan fingerprint density at radius 3 is 2.76 bits per heavy atom. The van der Waals surface area contributed by atoms with Crippen molar-refractivity contribution < 1.29 is 4.79 Å². The van der Waals surface area contributed by atoms with Crippen molar-refractivity contribution in [3.05, 3.63) is 55.2 Å². The van der Waals surface area contributed by atoms with Crippen LogP contribution in [0.1, 0.15) is 12.1 Å². The van der Waals surface area contributed by atoms with Gasteiger partial charge in [0.05, 0.1) is 5.69 Å². The highest BCUT2D eigenvalue weighted by atomic mass is 16.2. The molecule has 2 heterocycles. The fraction of sp³-hybridized carbons (Fsp3) is 0.250. The average molecular weight is 291 g/mol. The van der Waals surface area contributed by atoms with Crippen LogP contribution in [0.5, 0.6) is 0 Å². The highest BCUT2D eigenvalue weighted by Gasteiger charge is 2.07. The number of H-pyrrole nitrogens is 2. The Balaban J connectivity index is 1.98. The summed E-state index contributed by atoms with van der Waals surface area (Å²) < 4.78 is 1.18. The van der Waals surface area contributed by atoms with Gasteiger partial charge in [-0.05, 0) is 6.07 Å². The van der Waals surface area contributed by atoms with Crippen molar-refractivity contribution in [3.8, 4) is 0 Å². The average Bonchev–Trinajstić information content (AvgIpc) is 2.43. The predicted molar refractivity (Wildman–Crippen MR) is 74.1 cm³/mol. The molecule has 21 heavy (non-hydrogen) atoms. The maximum atomic E-state index is 11.7. The zero-order valence-electron chi connectivity index (χ0n) is 11.2. The van der Waals surface area contributed by atoms with Gasteiger partial charge in [-0.1, -0.05) is 0 Å². The maximum Gasteiger partial charge on any atom is 0.325 e. The van der Waals surface area contributed by atoms with Crippen molar-refractivity contribution in [1.29, 1.82) is 0 Å². The Morgan fingerprint density at radius 1 is 1.33 bits per heavy atom.